The maximum absolute atomic E-state index is 12.7. The fourth-order valence-electron chi connectivity index (χ4n) is 3.84. The zero-order chi connectivity index (χ0) is 24.2. The van der Waals surface area contributed by atoms with Gasteiger partial charge in [-0.25, -0.2) is 4.79 Å². The van der Waals surface area contributed by atoms with Crippen molar-refractivity contribution in [2.24, 2.45) is 7.05 Å². The van der Waals surface area contributed by atoms with Crippen molar-refractivity contribution >= 4 is 11.9 Å². The zero-order valence-corrected chi connectivity index (χ0v) is 18.2. The van der Waals surface area contributed by atoms with Gasteiger partial charge in [0.15, 0.2) is 0 Å². The lowest BCUT2D eigenvalue weighted by atomic mass is 9.98. The first-order valence-corrected chi connectivity index (χ1v) is 10.2. The van der Waals surface area contributed by atoms with Crippen molar-refractivity contribution in [3.8, 4) is 0 Å². The molecule has 1 amide bonds. The van der Waals surface area contributed by atoms with Crippen molar-refractivity contribution in [2.75, 3.05) is 19.7 Å². The van der Waals surface area contributed by atoms with Gasteiger partial charge in [-0.05, 0) is 31.5 Å². The molecule has 1 N–H and O–H groups in total. The van der Waals surface area contributed by atoms with Crippen LogP contribution in [-0.2, 0) is 27.9 Å². The number of ether oxygens (including phenoxy) is 2. The topological polar surface area (TPSA) is 107 Å². The fraction of sp³-hybridized carbons (Fsp3) is 0.524. The molecule has 2 aliphatic heterocycles. The molecule has 12 heteroatoms. The molecule has 4 rings (SSSR count). The Morgan fingerprint density at radius 3 is 2.67 bits per heavy atom. The summed E-state index contributed by atoms with van der Waals surface area (Å²) in [6.07, 6.45) is -1.73. The average molecular weight is 470 g/mol. The van der Waals surface area contributed by atoms with Gasteiger partial charge in [-0.15, -0.1) is 0 Å². The van der Waals surface area contributed by atoms with Crippen molar-refractivity contribution in [1.29, 1.82) is 0 Å². The number of carbonyl (C=O) groups excluding carboxylic acids is 1. The molecule has 0 radical (unpaired) electrons. The fourth-order valence-corrected chi connectivity index (χ4v) is 3.84. The second-order valence-corrected chi connectivity index (χ2v) is 8.02. The lowest BCUT2D eigenvalue weighted by Crippen LogP contribution is -2.36. The van der Waals surface area contributed by atoms with E-state index in [-0.39, 0.29) is 17.6 Å². The first-order valence-electron chi connectivity index (χ1n) is 10.2. The zero-order valence-electron chi connectivity index (χ0n) is 18.2. The second kappa shape index (κ2) is 9.87. The second-order valence-electron chi connectivity index (χ2n) is 8.02. The minimum Gasteiger partial charge on any atom is -0.475 e. The number of aryl methyl sites for hydroxylation is 2. The van der Waals surface area contributed by atoms with Gasteiger partial charge in [0.05, 0.1) is 37.2 Å². The summed E-state index contributed by atoms with van der Waals surface area (Å²) in [7, 11) is 1.79. The summed E-state index contributed by atoms with van der Waals surface area (Å²) in [5.41, 5.74) is 2.26. The number of carbonyl (C=O) groups is 2. The van der Waals surface area contributed by atoms with Crippen LogP contribution in [0.2, 0.25) is 0 Å². The van der Waals surface area contributed by atoms with E-state index < -0.39 is 12.1 Å². The summed E-state index contributed by atoms with van der Waals surface area (Å²) < 4.78 is 45.5. The Morgan fingerprint density at radius 1 is 1.33 bits per heavy atom. The molecule has 0 aromatic carbocycles. The number of hydrogen-bond acceptors (Lipinski definition) is 6. The summed E-state index contributed by atoms with van der Waals surface area (Å²) in [4.78, 5) is 27.9. The van der Waals surface area contributed by atoms with Crippen LogP contribution in [0.3, 0.4) is 0 Å². The molecule has 0 unspecified atom stereocenters. The first kappa shape index (κ1) is 24.6. The Morgan fingerprint density at radius 2 is 2.06 bits per heavy atom. The van der Waals surface area contributed by atoms with Crippen molar-refractivity contribution in [2.45, 2.75) is 44.3 Å². The van der Waals surface area contributed by atoms with E-state index in [1.165, 1.54) is 0 Å². The van der Waals surface area contributed by atoms with Crippen LogP contribution in [0, 0.1) is 6.92 Å². The number of halogens is 3. The molecule has 0 saturated carbocycles. The predicted octanol–water partition coefficient (Wildman–Crippen LogP) is 2.35. The highest BCUT2D eigenvalue weighted by Crippen LogP contribution is 2.37. The molecule has 0 bridgehead atoms. The van der Waals surface area contributed by atoms with Gasteiger partial charge < -0.3 is 19.5 Å². The SMILES string of the molecule is Cc1cccc(CO[C@@H]2CO[C@@]3(CCN(C(=O)c4ccnn4C)C3)C2)n1.O=C(O)C(F)(F)F. The van der Waals surface area contributed by atoms with E-state index >= 15 is 0 Å². The van der Waals surface area contributed by atoms with Crippen LogP contribution in [0.1, 0.15) is 34.7 Å². The smallest absolute Gasteiger partial charge is 0.475 e. The Hall–Kier alpha value is -2.99. The van der Waals surface area contributed by atoms with Gasteiger partial charge in [-0.3, -0.25) is 14.5 Å². The molecule has 2 aromatic rings. The molecule has 2 aromatic heterocycles. The van der Waals surface area contributed by atoms with Gasteiger partial charge in [0.25, 0.3) is 5.91 Å². The predicted molar refractivity (Wildman–Crippen MR) is 108 cm³/mol. The van der Waals surface area contributed by atoms with Crippen molar-refractivity contribution in [1.82, 2.24) is 19.7 Å². The van der Waals surface area contributed by atoms with Gasteiger partial charge in [0.2, 0.25) is 0 Å². The van der Waals surface area contributed by atoms with Crippen LogP contribution in [0.25, 0.3) is 0 Å². The van der Waals surface area contributed by atoms with Crippen LogP contribution >= 0.6 is 0 Å². The molecule has 2 aliphatic rings. The van der Waals surface area contributed by atoms with Crippen LogP contribution in [-0.4, -0.2) is 74.2 Å². The van der Waals surface area contributed by atoms with E-state index in [9.17, 15) is 18.0 Å². The first-order chi connectivity index (χ1) is 15.5. The summed E-state index contributed by atoms with van der Waals surface area (Å²) >= 11 is 0. The highest BCUT2D eigenvalue weighted by molar-refractivity contribution is 5.92. The van der Waals surface area contributed by atoms with Crippen LogP contribution < -0.4 is 0 Å². The molecular formula is C21H25F3N4O5. The molecular weight excluding hydrogens is 445 g/mol. The number of carboxylic acid groups (broad SMARTS) is 1. The number of hydrogen-bond donors (Lipinski definition) is 1. The molecule has 1 spiro atoms. The number of rotatable bonds is 4. The van der Waals surface area contributed by atoms with E-state index in [0.29, 0.717) is 32.0 Å². The van der Waals surface area contributed by atoms with E-state index in [1.54, 1.807) is 24.0 Å². The van der Waals surface area contributed by atoms with Crippen molar-refractivity contribution in [3.05, 3.63) is 47.5 Å². The Labute approximate surface area is 188 Å². The minimum atomic E-state index is -5.08. The summed E-state index contributed by atoms with van der Waals surface area (Å²) in [6.45, 7) is 4.35. The van der Waals surface area contributed by atoms with E-state index in [1.807, 2.05) is 30.0 Å². The van der Waals surface area contributed by atoms with E-state index in [2.05, 4.69) is 10.1 Å². The third kappa shape index (κ3) is 6.29. The van der Waals surface area contributed by atoms with Crippen molar-refractivity contribution in [3.63, 3.8) is 0 Å². The van der Waals surface area contributed by atoms with Gasteiger partial charge in [0.1, 0.15) is 5.69 Å². The van der Waals surface area contributed by atoms with Crippen LogP contribution in [0.15, 0.2) is 30.5 Å². The normalized spacial score (nSPS) is 22.3. The van der Waals surface area contributed by atoms with Gasteiger partial charge in [-0.2, -0.15) is 18.3 Å². The monoisotopic (exact) mass is 470 g/mol. The third-order valence-corrected chi connectivity index (χ3v) is 5.47. The highest BCUT2D eigenvalue weighted by atomic mass is 19.4. The average Bonchev–Trinajstić information content (AvgIpc) is 3.47. The largest absolute Gasteiger partial charge is 0.490 e. The third-order valence-electron chi connectivity index (χ3n) is 5.47. The number of aliphatic carboxylic acids is 1. The Balaban J connectivity index is 0.000000383. The summed E-state index contributed by atoms with van der Waals surface area (Å²) in [5, 5.41) is 11.2. The molecule has 33 heavy (non-hydrogen) atoms. The maximum Gasteiger partial charge on any atom is 0.490 e. The number of aromatic nitrogens is 3. The van der Waals surface area contributed by atoms with Crippen LogP contribution in [0.5, 0.6) is 0 Å². The van der Waals surface area contributed by atoms with E-state index in [0.717, 1.165) is 24.2 Å². The number of carboxylic acids is 1. The number of likely N-dealkylation sites (tertiary alicyclic amines) is 1. The lowest BCUT2D eigenvalue weighted by molar-refractivity contribution is -0.192. The van der Waals surface area contributed by atoms with Gasteiger partial charge >= 0.3 is 12.1 Å². The molecule has 2 atom stereocenters. The van der Waals surface area contributed by atoms with Gasteiger partial charge in [-0.1, -0.05) is 6.07 Å². The molecule has 2 fully saturated rings. The van der Waals surface area contributed by atoms with Crippen molar-refractivity contribution < 1.29 is 37.3 Å². The standard InChI is InChI=1S/C19H24N4O3.C2HF3O2/c1-14-4-3-5-15(21-14)11-25-16-10-19(26-12-16)7-9-23(13-19)18(24)17-6-8-20-22(17)2;3-2(4,5)1(6)7/h3-6,8,16H,7,9-13H2,1-2H3;(H,6,7)/t16-,19-;/m0./s1. The van der Waals surface area contributed by atoms with E-state index in [4.69, 9.17) is 19.4 Å². The van der Waals surface area contributed by atoms with Crippen LogP contribution in [0.4, 0.5) is 13.2 Å². The minimum absolute atomic E-state index is 0.0128. The Bertz CT molecular complexity index is 996. The maximum atomic E-state index is 12.7. The number of nitrogens with zero attached hydrogens (tertiary/aromatic N) is 4. The molecule has 180 valence electrons. The number of alkyl halides is 3. The summed E-state index contributed by atoms with van der Waals surface area (Å²) in [6, 6.07) is 7.70. The molecule has 2 saturated heterocycles. The molecule has 4 heterocycles. The Kier molecular flexibility index (Phi) is 7.38. The number of pyridine rings is 1. The highest BCUT2D eigenvalue weighted by Gasteiger charge is 2.47. The quantitative estimate of drug-likeness (QED) is 0.731. The molecule has 0 aliphatic carbocycles. The lowest BCUT2D eigenvalue weighted by Gasteiger charge is -2.23. The summed E-state index contributed by atoms with van der Waals surface area (Å²) in [5.74, 6) is -2.74. The number of amides is 1. The molecule has 9 nitrogen and oxygen atoms in total. The van der Waals surface area contributed by atoms with Gasteiger partial charge in [0, 0.05) is 31.9 Å².